The van der Waals surface area contributed by atoms with E-state index >= 15 is 0 Å². The predicted octanol–water partition coefficient (Wildman–Crippen LogP) is 6.58. The van der Waals surface area contributed by atoms with Gasteiger partial charge in [0.2, 0.25) is 6.29 Å². The molecular formula is C34H31ClN2O7. The van der Waals surface area contributed by atoms with Crippen LogP contribution in [-0.2, 0) is 14.3 Å². The molecule has 0 bridgehead atoms. The van der Waals surface area contributed by atoms with Crippen molar-refractivity contribution < 1.29 is 33.4 Å². The van der Waals surface area contributed by atoms with Gasteiger partial charge in [-0.05, 0) is 80.8 Å². The van der Waals surface area contributed by atoms with Crippen LogP contribution >= 0.6 is 11.6 Å². The Bertz CT molecular complexity index is 1800. The van der Waals surface area contributed by atoms with Crippen LogP contribution in [0.25, 0.3) is 11.0 Å². The maximum atomic E-state index is 13.6. The quantitative estimate of drug-likeness (QED) is 0.204. The standard InChI is InChI=1S/C34H31ClN2O7/c1-3-42-34-24(8-6-14-38)25(27-18-43-29-9-5-4-7-22(27)29)17-30(44-34)31(39)36-21-11-13-28(19(2)15-21)37-32(40)23-12-10-20(35)16-26(23)33(37)41/h4-5,7,9-13,15-18,24-25,34,38H,3,6,8,14H2,1-2H3,(H,36,39)/t24-,25-,34+/m1/s1. The first-order valence-corrected chi connectivity index (χ1v) is 14.9. The fourth-order valence-electron chi connectivity index (χ4n) is 5.99. The Hall–Kier alpha value is -4.44. The number of nitrogens with one attached hydrogen (secondary N) is 1. The maximum Gasteiger partial charge on any atom is 0.290 e. The number of hydrogen-bond acceptors (Lipinski definition) is 7. The van der Waals surface area contributed by atoms with Crippen LogP contribution in [0.5, 0.6) is 0 Å². The van der Waals surface area contributed by atoms with Crippen molar-refractivity contribution in [2.45, 2.75) is 38.9 Å². The number of hydrogen-bond donors (Lipinski definition) is 2. The molecule has 0 fully saturated rings. The normalized spacial score (nSPS) is 19.6. The van der Waals surface area contributed by atoms with Crippen molar-refractivity contribution in [3.8, 4) is 0 Å². The molecule has 44 heavy (non-hydrogen) atoms. The van der Waals surface area contributed by atoms with Gasteiger partial charge in [0, 0.05) is 46.7 Å². The van der Waals surface area contributed by atoms with Gasteiger partial charge in [-0.2, -0.15) is 0 Å². The largest absolute Gasteiger partial charge is 0.464 e. The summed E-state index contributed by atoms with van der Waals surface area (Å²) in [5.41, 5.74) is 3.67. The smallest absolute Gasteiger partial charge is 0.290 e. The molecule has 9 nitrogen and oxygen atoms in total. The summed E-state index contributed by atoms with van der Waals surface area (Å²) in [6.07, 6.45) is 3.93. The van der Waals surface area contributed by atoms with Crippen molar-refractivity contribution in [2.24, 2.45) is 5.92 Å². The average molecular weight is 615 g/mol. The number of anilines is 2. The van der Waals surface area contributed by atoms with Crippen LogP contribution in [0, 0.1) is 12.8 Å². The molecule has 3 heterocycles. The minimum absolute atomic E-state index is 0.0229. The Morgan fingerprint density at radius 2 is 1.86 bits per heavy atom. The molecule has 2 aliphatic heterocycles. The monoisotopic (exact) mass is 614 g/mol. The maximum absolute atomic E-state index is 13.6. The molecule has 10 heteroatoms. The minimum Gasteiger partial charge on any atom is -0.464 e. The molecular weight excluding hydrogens is 584 g/mol. The highest BCUT2D eigenvalue weighted by Crippen LogP contribution is 2.42. The van der Waals surface area contributed by atoms with E-state index in [1.807, 2.05) is 31.2 Å². The summed E-state index contributed by atoms with van der Waals surface area (Å²) in [7, 11) is 0. The van der Waals surface area contributed by atoms with E-state index in [1.54, 1.807) is 49.6 Å². The Kier molecular flexibility index (Phi) is 8.27. The number of ether oxygens (including phenoxy) is 2. The molecule has 226 valence electrons. The molecule has 0 spiro atoms. The number of fused-ring (bicyclic) bond motifs is 2. The summed E-state index contributed by atoms with van der Waals surface area (Å²) in [6.45, 7) is 4.02. The molecule has 2 aliphatic rings. The molecule has 3 amide bonds. The number of imide groups is 1. The first kappa shape index (κ1) is 29.6. The molecule has 0 radical (unpaired) electrons. The Balaban J connectivity index is 1.28. The molecule has 1 aromatic heterocycles. The second-order valence-corrected chi connectivity index (χ2v) is 11.2. The Morgan fingerprint density at radius 1 is 1.07 bits per heavy atom. The number of aliphatic hydroxyl groups is 1. The van der Waals surface area contributed by atoms with E-state index in [2.05, 4.69) is 5.32 Å². The van der Waals surface area contributed by atoms with E-state index in [-0.39, 0.29) is 29.8 Å². The molecule has 2 N–H and O–H groups in total. The first-order chi connectivity index (χ1) is 21.3. The molecule has 4 aromatic rings. The highest BCUT2D eigenvalue weighted by molar-refractivity contribution is 6.37. The topological polar surface area (TPSA) is 118 Å². The summed E-state index contributed by atoms with van der Waals surface area (Å²) >= 11 is 6.06. The highest BCUT2D eigenvalue weighted by Gasteiger charge is 2.40. The molecule has 3 atom stereocenters. The Morgan fingerprint density at radius 3 is 2.64 bits per heavy atom. The number of carbonyl (C=O) groups is 3. The van der Waals surface area contributed by atoms with Gasteiger partial charge < -0.3 is 24.3 Å². The number of amides is 3. The number of benzene rings is 3. The van der Waals surface area contributed by atoms with Gasteiger partial charge in [0.15, 0.2) is 5.76 Å². The number of carbonyl (C=O) groups excluding carboxylic acids is 3. The molecule has 3 aromatic carbocycles. The van der Waals surface area contributed by atoms with Gasteiger partial charge in [-0.3, -0.25) is 14.4 Å². The van der Waals surface area contributed by atoms with E-state index in [1.165, 1.54) is 6.07 Å². The number of rotatable bonds is 9. The van der Waals surface area contributed by atoms with Crippen molar-refractivity contribution in [3.05, 3.63) is 106 Å². The van der Waals surface area contributed by atoms with Crippen molar-refractivity contribution in [3.63, 3.8) is 0 Å². The number of furan rings is 1. The third kappa shape index (κ3) is 5.38. The van der Waals surface area contributed by atoms with Crippen molar-refractivity contribution >= 4 is 51.7 Å². The van der Waals surface area contributed by atoms with Gasteiger partial charge in [0.05, 0.1) is 23.1 Å². The van der Waals surface area contributed by atoms with Gasteiger partial charge in [-0.25, -0.2) is 4.90 Å². The second kappa shape index (κ2) is 12.3. The van der Waals surface area contributed by atoms with E-state index in [9.17, 15) is 19.5 Å². The highest BCUT2D eigenvalue weighted by atomic mass is 35.5. The van der Waals surface area contributed by atoms with Gasteiger partial charge in [0.1, 0.15) is 5.58 Å². The zero-order valence-electron chi connectivity index (χ0n) is 24.2. The third-order valence-corrected chi connectivity index (χ3v) is 8.28. The number of nitrogens with zero attached hydrogens (tertiary/aromatic N) is 1. The fourth-order valence-corrected chi connectivity index (χ4v) is 6.16. The van der Waals surface area contributed by atoms with Crippen molar-refractivity contribution in [1.82, 2.24) is 0 Å². The van der Waals surface area contributed by atoms with Crippen molar-refractivity contribution in [1.29, 1.82) is 0 Å². The number of allylic oxidation sites excluding steroid dienone is 1. The predicted molar refractivity (Wildman–Crippen MR) is 166 cm³/mol. The van der Waals surface area contributed by atoms with Gasteiger partial charge in [-0.15, -0.1) is 0 Å². The fraction of sp³-hybridized carbons (Fsp3) is 0.265. The summed E-state index contributed by atoms with van der Waals surface area (Å²) in [4.78, 5) is 40.9. The van der Waals surface area contributed by atoms with Gasteiger partial charge >= 0.3 is 0 Å². The number of halogens is 1. The zero-order valence-corrected chi connectivity index (χ0v) is 25.0. The van der Waals surface area contributed by atoms with Crippen LogP contribution in [0.15, 0.2) is 83.2 Å². The first-order valence-electron chi connectivity index (χ1n) is 14.5. The van der Waals surface area contributed by atoms with E-state index in [4.69, 9.17) is 25.5 Å². The number of aliphatic hydroxyl groups excluding tert-OH is 1. The molecule has 0 saturated heterocycles. The number of aryl methyl sites for hydroxylation is 1. The van der Waals surface area contributed by atoms with Crippen LogP contribution in [0.1, 0.15) is 57.5 Å². The lowest BCUT2D eigenvalue weighted by atomic mass is 9.80. The number of para-hydroxylation sites is 1. The zero-order chi connectivity index (χ0) is 31.0. The van der Waals surface area contributed by atoms with Crippen LogP contribution in [0.2, 0.25) is 5.02 Å². The molecule has 6 rings (SSSR count). The molecule has 0 aliphatic carbocycles. The third-order valence-electron chi connectivity index (χ3n) is 8.05. The van der Waals surface area contributed by atoms with Crippen LogP contribution in [0.3, 0.4) is 0 Å². The van der Waals surface area contributed by atoms with E-state index in [0.29, 0.717) is 47.0 Å². The summed E-state index contributed by atoms with van der Waals surface area (Å²) in [5.74, 6) is -1.71. The Labute approximate surface area is 259 Å². The van der Waals surface area contributed by atoms with E-state index < -0.39 is 24.0 Å². The van der Waals surface area contributed by atoms with Gasteiger partial charge in [0.25, 0.3) is 17.7 Å². The lowest BCUT2D eigenvalue weighted by Gasteiger charge is -2.36. The minimum atomic E-state index is -0.720. The van der Waals surface area contributed by atoms with Gasteiger partial charge in [-0.1, -0.05) is 29.8 Å². The van der Waals surface area contributed by atoms with Crippen molar-refractivity contribution in [2.75, 3.05) is 23.4 Å². The summed E-state index contributed by atoms with van der Waals surface area (Å²) < 4.78 is 17.9. The molecule has 0 unspecified atom stereocenters. The van der Waals surface area contributed by atoms with Crippen LogP contribution in [0.4, 0.5) is 11.4 Å². The lowest BCUT2D eigenvalue weighted by molar-refractivity contribution is -0.164. The SMILES string of the molecule is CCO[C@H]1OC(C(=O)Nc2ccc(N3C(=O)c4ccc(Cl)cc4C3=O)c(C)c2)=C[C@@H](c2coc3ccccc23)[C@H]1CCCO. The van der Waals surface area contributed by atoms with Crippen LogP contribution < -0.4 is 10.2 Å². The second-order valence-electron chi connectivity index (χ2n) is 10.8. The van der Waals surface area contributed by atoms with Crippen LogP contribution in [-0.4, -0.2) is 42.3 Å². The summed E-state index contributed by atoms with van der Waals surface area (Å²) in [5, 5.41) is 13.8. The van der Waals surface area contributed by atoms with E-state index in [0.717, 1.165) is 21.4 Å². The molecule has 0 saturated carbocycles. The average Bonchev–Trinajstić information content (AvgIpc) is 3.55. The summed E-state index contributed by atoms with van der Waals surface area (Å²) in [6, 6.07) is 17.3. The lowest BCUT2D eigenvalue weighted by Crippen LogP contribution is -2.37.